The summed E-state index contributed by atoms with van der Waals surface area (Å²) in [5.41, 5.74) is 6.80. The van der Waals surface area contributed by atoms with Crippen molar-refractivity contribution in [2.45, 2.75) is 25.6 Å². The summed E-state index contributed by atoms with van der Waals surface area (Å²) in [6.07, 6.45) is -3.50. The Bertz CT molecular complexity index is 338. The van der Waals surface area contributed by atoms with Gasteiger partial charge in [0.2, 0.25) is 0 Å². The molecule has 0 heterocycles. The summed E-state index contributed by atoms with van der Waals surface area (Å²) in [7, 11) is 0. The van der Waals surface area contributed by atoms with E-state index < -0.39 is 12.7 Å². The van der Waals surface area contributed by atoms with Gasteiger partial charge in [-0.3, -0.25) is 4.90 Å². The lowest BCUT2D eigenvalue weighted by atomic mass is 10.1. The highest BCUT2D eigenvalue weighted by atomic mass is 19.4. The zero-order valence-electron chi connectivity index (χ0n) is 10.5. The lowest BCUT2D eigenvalue weighted by Crippen LogP contribution is -2.39. The molecule has 0 bridgehead atoms. The van der Waals surface area contributed by atoms with Crippen LogP contribution in [-0.2, 0) is 0 Å². The Labute approximate surface area is 106 Å². The normalized spacial score (nSPS) is 13.9. The van der Waals surface area contributed by atoms with Crippen molar-refractivity contribution in [3.05, 3.63) is 35.9 Å². The molecule has 5 heteroatoms. The molecule has 0 aromatic heterocycles. The lowest BCUT2D eigenvalue weighted by molar-refractivity contribution is -0.146. The molecule has 0 saturated carbocycles. The molecule has 2 N–H and O–H groups in total. The fraction of sp³-hybridized carbons (Fsp3) is 0.538. The maximum absolute atomic E-state index is 12.4. The van der Waals surface area contributed by atoms with E-state index >= 15 is 0 Å². The maximum atomic E-state index is 12.4. The Hall–Kier alpha value is -1.07. The van der Waals surface area contributed by atoms with Crippen molar-refractivity contribution < 1.29 is 13.2 Å². The molecule has 1 aromatic rings. The molecule has 18 heavy (non-hydrogen) atoms. The van der Waals surface area contributed by atoms with E-state index in [0.717, 1.165) is 5.56 Å². The first-order valence-electron chi connectivity index (χ1n) is 6.02. The molecule has 0 spiro atoms. The number of halogens is 3. The summed E-state index contributed by atoms with van der Waals surface area (Å²) in [4.78, 5) is 1.36. The average Bonchev–Trinajstić information content (AvgIpc) is 2.28. The zero-order valence-corrected chi connectivity index (χ0v) is 10.5. The molecule has 1 rings (SSSR count). The molecule has 102 valence electrons. The monoisotopic (exact) mass is 260 g/mol. The fourth-order valence-electron chi connectivity index (χ4n) is 1.89. The van der Waals surface area contributed by atoms with Crippen LogP contribution >= 0.6 is 0 Å². The van der Waals surface area contributed by atoms with Gasteiger partial charge in [0, 0.05) is 12.6 Å². The van der Waals surface area contributed by atoms with Gasteiger partial charge in [-0.05, 0) is 18.5 Å². The zero-order chi connectivity index (χ0) is 13.6. The van der Waals surface area contributed by atoms with E-state index in [1.54, 1.807) is 0 Å². The van der Waals surface area contributed by atoms with Crippen molar-refractivity contribution in [3.63, 3.8) is 0 Å². The van der Waals surface area contributed by atoms with E-state index in [0.29, 0.717) is 13.0 Å². The first-order chi connectivity index (χ1) is 8.42. The van der Waals surface area contributed by atoms with Crippen LogP contribution < -0.4 is 5.73 Å². The summed E-state index contributed by atoms with van der Waals surface area (Å²) in [5.74, 6) is 0. The molecule has 0 amide bonds. The van der Waals surface area contributed by atoms with Crippen molar-refractivity contribution >= 4 is 0 Å². The molecule has 0 radical (unpaired) electrons. The quantitative estimate of drug-likeness (QED) is 0.852. The number of rotatable bonds is 6. The summed E-state index contributed by atoms with van der Waals surface area (Å²) < 4.78 is 37.2. The third kappa shape index (κ3) is 5.51. The van der Waals surface area contributed by atoms with Crippen molar-refractivity contribution in [2.75, 3.05) is 19.6 Å². The van der Waals surface area contributed by atoms with Gasteiger partial charge in [0.15, 0.2) is 0 Å². The van der Waals surface area contributed by atoms with Crippen molar-refractivity contribution in [1.82, 2.24) is 4.90 Å². The molecule has 0 fully saturated rings. The Balaban J connectivity index is 2.60. The van der Waals surface area contributed by atoms with Gasteiger partial charge in [-0.2, -0.15) is 13.2 Å². The van der Waals surface area contributed by atoms with Crippen molar-refractivity contribution in [1.29, 1.82) is 0 Å². The fourth-order valence-corrected chi connectivity index (χ4v) is 1.89. The third-order valence-corrected chi connectivity index (χ3v) is 2.63. The van der Waals surface area contributed by atoms with Crippen LogP contribution in [0.1, 0.15) is 24.9 Å². The first-order valence-corrected chi connectivity index (χ1v) is 6.02. The van der Waals surface area contributed by atoms with Gasteiger partial charge in [0.05, 0.1) is 6.54 Å². The van der Waals surface area contributed by atoms with E-state index in [1.807, 2.05) is 37.3 Å². The van der Waals surface area contributed by atoms with Crippen molar-refractivity contribution in [3.8, 4) is 0 Å². The Morgan fingerprint density at radius 2 is 1.83 bits per heavy atom. The van der Waals surface area contributed by atoms with Gasteiger partial charge >= 0.3 is 6.18 Å². The molecular formula is C13H19F3N2. The van der Waals surface area contributed by atoms with Gasteiger partial charge in [-0.25, -0.2) is 0 Å². The summed E-state index contributed by atoms with van der Waals surface area (Å²) in [6.45, 7) is 1.58. The van der Waals surface area contributed by atoms with Crippen LogP contribution in [0.5, 0.6) is 0 Å². The third-order valence-electron chi connectivity index (χ3n) is 2.63. The Morgan fingerprint density at radius 1 is 1.22 bits per heavy atom. The highest BCUT2D eigenvalue weighted by Crippen LogP contribution is 2.19. The average molecular weight is 260 g/mol. The standard InChI is InChI=1S/C13H19F3N2/c1-2-8-18(10-13(14,15)16)9-12(17)11-6-4-3-5-7-11/h3-7,12H,2,8-10,17H2,1H3. The van der Waals surface area contributed by atoms with Crippen LogP contribution in [0.3, 0.4) is 0 Å². The number of benzene rings is 1. The Kier molecular flexibility index (Phi) is 5.62. The van der Waals surface area contributed by atoms with Crippen molar-refractivity contribution in [2.24, 2.45) is 5.73 Å². The minimum Gasteiger partial charge on any atom is -0.323 e. The lowest BCUT2D eigenvalue weighted by Gasteiger charge is -2.26. The van der Waals surface area contributed by atoms with E-state index in [2.05, 4.69) is 0 Å². The smallest absolute Gasteiger partial charge is 0.323 e. The number of hydrogen-bond donors (Lipinski definition) is 1. The minimum atomic E-state index is -4.18. The number of hydrogen-bond acceptors (Lipinski definition) is 2. The SMILES string of the molecule is CCCN(CC(N)c1ccccc1)CC(F)(F)F. The molecule has 1 unspecified atom stereocenters. The molecule has 0 saturated heterocycles. The maximum Gasteiger partial charge on any atom is 0.401 e. The van der Waals surface area contributed by atoms with Crippen LogP contribution in [0.4, 0.5) is 13.2 Å². The number of nitrogens with zero attached hydrogens (tertiary/aromatic N) is 1. The van der Waals surface area contributed by atoms with Gasteiger partial charge in [0.25, 0.3) is 0 Å². The van der Waals surface area contributed by atoms with E-state index in [4.69, 9.17) is 5.73 Å². The highest BCUT2D eigenvalue weighted by Gasteiger charge is 2.30. The highest BCUT2D eigenvalue weighted by molar-refractivity contribution is 5.18. The predicted octanol–water partition coefficient (Wildman–Crippen LogP) is 2.96. The Morgan fingerprint density at radius 3 is 2.33 bits per heavy atom. The molecule has 0 aliphatic heterocycles. The first kappa shape index (κ1) is 15.0. The second-order valence-electron chi connectivity index (χ2n) is 4.37. The van der Waals surface area contributed by atoms with E-state index in [1.165, 1.54) is 4.90 Å². The van der Waals surface area contributed by atoms with Gasteiger partial charge in [0.1, 0.15) is 0 Å². The predicted molar refractivity (Wildman–Crippen MR) is 66.2 cm³/mol. The van der Waals surface area contributed by atoms with E-state index in [9.17, 15) is 13.2 Å². The van der Waals surface area contributed by atoms with E-state index in [-0.39, 0.29) is 12.6 Å². The molecule has 0 aliphatic rings. The number of nitrogens with two attached hydrogens (primary N) is 1. The summed E-state index contributed by atoms with van der Waals surface area (Å²) in [6, 6.07) is 8.81. The van der Waals surface area contributed by atoms with Crippen LogP contribution in [0, 0.1) is 0 Å². The minimum absolute atomic E-state index is 0.220. The second-order valence-corrected chi connectivity index (χ2v) is 4.37. The molecule has 0 aliphatic carbocycles. The van der Waals surface area contributed by atoms with Crippen LogP contribution in [0.2, 0.25) is 0 Å². The van der Waals surface area contributed by atoms with Crippen LogP contribution in [0.25, 0.3) is 0 Å². The topological polar surface area (TPSA) is 29.3 Å². The largest absolute Gasteiger partial charge is 0.401 e. The summed E-state index contributed by atoms with van der Waals surface area (Å²) >= 11 is 0. The van der Waals surface area contributed by atoms with Crippen LogP contribution in [-0.4, -0.2) is 30.7 Å². The van der Waals surface area contributed by atoms with Gasteiger partial charge in [-0.15, -0.1) is 0 Å². The molecule has 2 nitrogen and oxygen atoms in total. The number of alkyl halides is 3. The second kappa shape index (κ2) is 6.75. The van der Waals surface area contributed by atoms with Gasteiger partial charge < -0.3 is 5.73 Å². The molecular weight excluding hydrogens is 241 g/mol. The molecule has 1 atom stereocenters. The van der Waals surface area contributed by atoms with Crippen LogP contribution in [0.15, 0.2) is 30.3 Å². The summed E-state index contributed by atoms with van der Waals surface area (Å²) in [5, 5.41) is 0. The van der Waals surface area contributed by atoms with Gasteiger partial charge in [-0.1, -0.05) is 37.3 Å². The molecule has 1 aromatic carbocycles.